The predicted octanol–water partition coefficient (Wildman–Crippen LogP) is 7.04. The Morgan fingerprint density at radius 1 is 1.13 bits per heavy atom. The van der Waals surface area contributed by atoms with Crippen LogP contribution in [0.15, 0.2) is 48.5 Å². The van der Waals surface area contributed by atoms with Crippen LogP contribution in [-0.2, 0) is 29.5 Å². The second-order valence-electron chi connectivity index (χ2n) is 9.60. The van der Waals surface area contributed by atoms with Crippen molar-refractivity contribution in [3.63, 3.8) is 0 Å². The van der Waals surface area contributed by atoms with E-state index in [1.54, 1.807) is 0 Å². The van der Waals surface area contributed by atoms with Crippen molar-refractivity contribution >= 4 is 47.2 Å². The number of halogens is 1. The van der Waals surface area contributed by atoms with Crippen LogP contribution >= 0.6 is 19.4 Å². The summed E-state index contributed by atoms with van der Waals surface area (Å²) in [6.45, 7) is 5.65. The van der Waals surface area contributed by atoms with Crippen LogP contribution in [0.2, 0.25) is 5.02 Å². The van der Waals surface area contributed by atoms with Gasteiger partial charge in [0.2, 0.25) is 0 Å². The van der Waals surface area contributed by atoms with Crippen LogP contribution in [-0.4, -0.2) is 41.0 Å². The maximum atomic E-state index is 13.2. The number of hydrogen-bond donors (Lipinski definition) is 1. The van der Waals surface area contributed by atoms with Gasteiger partial charge in [-0.25, -0.2) is 14.5 Å². The number of imidazole rings is 1. The summed E-state index contributed by atoms with van der Waals surface area (Å²) in [5.74, 6) is 1.10. The summed E-state index contributed by atoms with van der Waals surface area (Å²) < 4.78 is 38.2. The molecular weight excluding hydrogens is 539 g/mol. The molecule has 39 heavy (non-hydrogen) atoms. The molecule has 208 valence electrons. The third-order valence-corrected chi connectivity index (χ3v) is 8.60. The van der Waals surface area contributed by atoms with Crippen LogP contribution in [0.3, 0.4) is 0 Å². The highest BCUT2D eigenvalue weighted by molar-refractivity contribution is 7.48. The summed E-state index contributed by atoms with van der Waals surface area (Å²) in [7, 11) is -3.67. The number of nitrogens with two attached hydrogens (primary N) is 1. The summed E-state index contributed by atoms with van der Waals surface area (Å²) in [6.07, 6.45) is 2.36. The molecule has 2 aromatic carbocycles. The van der Waals surface area contributed by atoms with Gasteiger partial charge in [-0.3, -0.25) is 13.6 Å². The minimum absolute atomic E-state index is 0.00346. The minimum Gasteiger partial charge on any atom is -0.382 e. The summed E-state index contributed by atoms with van der Waals surface area (Å²) >= 11 is 6.12. The molecule has 0 spiro atoms. The molecule has 0 amide bonds. The monoisotopic (exact) mass is 572 g/mol. The molecule has 1 saturated heterocycles. The number of phosphoric ester groups is 1. The zero-order chi connectivity index (χ0) is 27.4. The number of benzene rings is 2. The summed E-state index contributed by atoms with van der Waals surface area (Å²) in [4.78, 5) is 9.42. The van der Waals surface area contributed by atoms with Gasteiger partial charge in [-0.15, -0.1) is 0 Å². The first kappa shape index (κ1) is 28.0. The van der Waals surface area contributed by atoms with E-state index < -0.39 is 7.82 Å². The van der Waals surface area contributed by atoms with Crippen molar-refractivity contribution in [3.8, 4) is 0 Å². The number of hydrogen-bond acceptors (Lipinski definition) is 8. The van der Waals surface area contributed by atoms with Gasteiger partial charge in [-0.2, -0.15) is 0 Å². The molecule has 11 heteroatoms. The van der Waals surface area contributed by atoms with Crippen LogP contribution in [0.25, 0.3) is 21.9 Å². The van der Waals surface area contributed by atoms with E-state index >= 15 is 0 Å². The summed E-state index contributed by atoms with van der Waals surface area (Å²) in [5.41, 5.74) is 9.72. The first-order valence-electron chi connectivity index (χ1n) is 13.3. The molecule has 0 radical (unpaired) electrons. The average molecular weight is 573 g/mol. The molecule has 0 saturated carbocycles. The highest BCUT2D eigenvalue weighted by Crippen LogP contribution is 2.54. The van der Waals surface area contributed by atoms with Crippen LogP contribution in [0.4, 0.5) is 5.82 Å². The van der Waals surface area contributed by atoms with Crippen molar-refractivity contribution in [3.05, 3.63) is 64.9 Å². The van der Waals surface area contributed by atoms with Gasteiger partial charge < -0.3 is 15.0 Å². The number of rotatable bonds is 11. The fourth-order valence-corrected chi connectivity index (χ4v) is 6.55. The lowest BCUT2D eigenvalue weighted by Crippen LogP contribution is -2.21. The van der Waals surface area contributed by atoms with E-state index in [1.165, 1.54) is 0 Å². The lowest BCUT2D eigenvalue weighted by molar-refractivity contribution is 0.0582. The van der Waals surface area contributed by atoms with Crippen LogP contribution in [0, 0.1) is 0 Å². The Hall–Kier alpha value is -2.52. The first-order valence-corrected chi connectivity index (χ1v) is 15.2. The largest absolute Gasteiger partial charge is 0.474 e. The molecule has 1 atom stereocenters. The molecule has 4 aromatic rings. The van der Waals surface area contributed by atoms with Crippen molar-refractivity contribution in [2.24, 2.45) is 0 Å². The van der Waals surface area contributed by atoms with Crippen molar-refractivity contribution in [1.82, 2.24) is 14.5 Å². The molecule has 0 aliphatic carbocycles. The average Bonchev–Trinajstić information content (AvgIpc) is 3.32. The number of pyridine rings is 1. The smallest absolute Gasteiger partial charge is 0.382 e. The molecule has 5 rings (SSSR count). The Morgan fingerprint density at radius 2 is 1.92 bits per heavy atom. The Morgan fingerprint density at radius 3 is 2.67 bits per heavy atom. The van der Waals surface area contributed by atoms with Gasteiger partial charge in [-0.05, 0) is 43.5 Å². The van der Waals surface area contributed by atoms with E-state index in [4.69, 9.17) is 40.6 Å². The molecule has 9 nitrogen and oxygen atoms in total. The van der Waals surface area contributed by atoms with Crippen LogP contribution in [0.5, 0.6) is 0 Å². The lowest BCUT2D eigenvalue weighted by Gasteiger charge is -2.29. The number of anilines is 1. The molecule has 3 heterocycles. The van der Waals surface area contributed by atoms with Gasteiger partial charge in [0.15, 0.2) is 5.82 Å². The number of ether oxygens (including phenoxy) is 1. The second-order valence-corrected chi connectivity index (χ2v) is 11.7. The molecule has 2 N–H and O–H groups in total. The highest BCUT2D eigenvalue weighted by atomic mass is 35.5. The Bertz CT molecular complexity index is 1480. The van der Waals surface area contributed by atoms with Gasteiger partial charge in [-0.1, -0.05) is 55.3 Å². The van der Waals surface area contributed by atoms with Gasteiger partial charge >= 0.3 is 7.82 Å². The summed E-state index contributed by atoms with van der Waals surface area (Å²) in [6, 6.07) is 15.4. The normalized spacial score (nSPS) is 20.5. The maximum absolute atomic E-state index is 13.2. The number of aromatic nitrogens is 3. The fourth-order valence-electron chi connectivity index (χ4n) is 5.07. The van der Waals surface area contributed by atoms with Gasteiger partial charge in [0.05, 0.1) is 30.9 Å². The number of para-hydroxylation sites is 1. The van der Waals surface area contributed by atoms with E-state index in [-0.39, 0.29) is 31.8 Å². The molecule has 2 aromatic heterocycles. The van der Waals surface area contributed by atoms with Crippen molar-refractivity contribution in [1.29, 1.82) is 0 Å². The van der Waals surface area contributed by atoms with E-state index in [9.17, 15) is 4.57 Å². The number of phosphoric acid groups is 1. The van der Waals surface area contributed by atoms with Gasteiger partial charge in [0.25, 0.3) is 0 Å². The molecular formula is C28H34ClN4O5P. The zero-order valence-corrected chi connectivity index (χ0v) is 23.9. The zero-order valence-electron chi connectivity index (χ0n) is 22.2. The Kier molecular flexibility index (Phi) is 8.86. The minimum atomic E-state index is -3.67. The van der Waals surface area contributed by atoms with Gasteiger partial charge in [0.1, 0.15) is 17.9 Å². The SMILES string of the molecule is CCCC(CCOP1(=O)OCC(c2cccc(Cl)c2)CO1)n1c(COCC)nc2c(N)nc3ccccc3c21. The number of nitrogens with zero attached hydrogens (tertiary/aromatic N) is 3. The topological polar surface area (TPSA) is 111 Å². The lowest BCUT2D eigenvalue weighted by atomic mass is 10.0. The first-order chi connectivity index (χ1) is 18.9. The van der Waals surface area contributed by atoms with Crippen molar-refractivity contribution in [2.45, 2.75) is 51.7 Å². The predicted molar refractivity (Wildman–Crippen MR) is 153 cm³/mol. The molecule has 1 aliphatic heterocycles. The number of fused-ring (bicyclic) bond motifs is 3. The number of nitrogen functional groups attached to an aromatic ring is 1. The van der Waals surface area contributed by atoms with E-state index in [2.05, 4.69) is 16.5 Å². The Balaban J connectivity index is 1.36. The van der Waals surface area contributed by atoms with E-state index in [0.29, 0.717) is 36.0 Å². The molecule has 1 unspecified atom stereocenters. The maximum Gasteiger partial charge on any atom is 0.474 e. The van der Waals surface area contributed by atoms with E-state index in [0.717, 1.165) is 40.6 Å². The van der Waals surface area contributed by atoms with Crippen molar-refractivity contribution in [2.75, 3.05) is 32.2 Å². The van der Waals surface area contributed by atoms with Crippen molar-refractivity contribution < 1.29 is 22.9 Å². The third kappa shape index (κ3) is 6.14. The van der Waals surface area contributed by atoms with Crippen LogP contribution in [0.1, 0.15) is 56.5 Å². The highest BCUT2D eigenvalue weighted by Gasteiger charge is 2.35. The summed E-state index contributed by atoms with van der Waals surface area (Å²) in [5, 5.41) is 1.61. The second kappa shape index (κ2) is 12.3. The Labute approximate surface area is 233 Å². The van der Waals surface area contributed by atoms with E-state index in [1.807, 2.05) is 55.5 Å². The molecule has 0 bridgehead atoms. The molecule has 1 aliphatic rings. The third-order valence-electron chi connectivity index (χ3n) is 6.94. The standard InChI is InChI=1S/C28H34ClN4O5P/c1-3-8-22(13-14-36-39(34)37-16-20(17-38-39)19-9-7-10-21(29)15-19)33-25(18-35-4-2)32-26-27(33)23-11-5-6-12-24(23)31-28(26)30/h5-7,9-12,15,20,22H,3-4,8,13-14,16-18H2,1-2H3,(H2,30,31). The molecule has 1 fully saturated rings. The fraction of sp³-hybridized carbons (Fsp3) is 0.429. The van der Waals surface area contributed by atoms with Crippen LogP contribution < -0.4 is 5.73 Å². The quantitative estimate of drug-likeness (QED) is 0.190. The van der Waals surface area contributed by atoms with Gasteiger partial charge in [0, 0.05) is 29.0 Å².